The minimum absolute atomic E-state index is 0.00111. The van der Waals surface area contributed by atoms with Crippen molar-refractivity contribution in [3.05, 3.63) is 13.2 Å². The fourth-order valence-electron chi connectivity index (χ4n) is 1.92. The Bertz CT molecular complexity index is 112. The van der Waals surface area contributed by atoms with Crippen LogP contribution in [0.25, 0.3) is 0 Å². The molecule has 0 bridgehead atoms. The Morgan fingerprint density at radius 3 is 2.07 bits per heavy atom. The Morgan fingerprint density at radius 1 is 1.21 bits per heavy atom. The maximum Gasteiger partial charge on any atom is 0.0568 e. The fraction of sp³-hybridized carbons (Fsp3) is 0.846. The van der Waals surface area contributed by atoms with E-state index in [-0.39, 0.29) is 6.10 Å². The minimum Gasteiger partial charge on any atom is -0.393 e. The highest BCUT2D eigenvalue weighted by atomic mass is 16.3. The molecule has 1 rings (SSSR count). The lowest BCUT2D eigenvalue weighted by atomic mass is 9.79. The van der Waals surface area contributed by atoms with Gasteiger partial charge in [0.1, 0.15) is 0 Å². The standard InChI is InChI=1S/C9H18O.C2H6.C2H4/c1-3-8-6-7(2)4-5-9(8)10;2*1-2/h7-10H,3-6H2,1-2H3;1-2H3;1-2H2. The summed E-state index contributed by atoms with van der Waals surface area (Å²) < 4.78 is 0. The molecule has 14 heavy (non-hydrogen) atoms. The van der Waals surface area contributed by atoms with Crippen molar-refractivity contribution in [2.75, 3.05) is 0 Å². The summed E-state index contributed by atoms with van der Waals surface area (Å²) in [5, 5.41) is 9.49. The van der Waals surface area contributed by atoms with Gasteiger partial charge in [0.05, 0.1) is 6.10 Å². The third kappa shape index (κ3) is 6.20. The maximum absolute atomic E-state index is 9.49. The van der Waals surface area contributed by atoms with E-state index in [0.717, 1.165) is 18.8 Å². The molecule has 1 aliphatic carbocycles. The molecular formula is C13H28O. The lowest BCUT2D eigenvalue weighted by molar-refractivity contribution is 0.0499. The van der Waals surface area contributed by atoms with Gasteiger partial charge >= 0.3 is 0 Å². The van der Waals surface area contributed by atoms with Gasteiger partial charge in [-0.05, 0) is 31.1 Å². The van der Waals surface area contributed by atoms with E-state index in [1.165, 1.54) is 12.8 Å². The largest absolute Gasteiger partial charge is 0.393 e. The van der Waals surface area contributed by atoms with E-state index in [2.05, 4.69) is 27.0 Å². The second kappa shape index (κ2) is 10.8. The molecule has 3 atom stereocenters. The van der Waals surface area contributed by atoms with Crippen LogP contribution in [0.5, 0.6) is 0 Å². The van der Waals surface area contributed by atoms with Crippen LogP contribution in [0.4, 0.5) is 0 Å². The number of aliphatic hydroxyl groups excluding tert-OH is 1. The number of aliphatic hydroxyl groups is 1. The van der Waals surface area contributed by atoms with E-state index in [4.69, 9.17) is 0 Å². The average molecular weight is 200 g/mol. The smallest absolute Gasteiger partial charge is 0.0568 e. The van der Waals surface area contributed by atoms with E-state index in [1.807, 2.05) is 13.8 Å². The molecule has 3 unspecified atom stereocenters. The molecule has 1 saturated carbocycles. The Labute approximate surface area is 90.2 Å². The van der Waals surface area contributed by atoms with Crippen molar-refractivity contribution in [3.8, 4) is 0 Å². The Kier molecular flexibility index (Phi) is 12.4. The Hall–Kier alpha value is -0.300. The first-order valence-electron chi connectivity index (χ1n) is 5.92. The zero-order valence-corrected chi connectivity index (χ0v) is 10.4. The molecule has 0 spiro atoms. The summed E-state index contributed by atoms with van der Waals surface area (Å²) >= 11 is 0. The quantitative estimate of drug-likeness (QED) is 0.634. The molecule has 1 aliphatic rings. The first-order valence-corrected chi connectivity index (χ1v) is 5.92. The molecule has 86 valence electrons. The van der Waals surface area contributed by atoms with Crippen LogP contribution in [0.3, 0.4) is 0 Å². The molecule has 0 aliphatic heterocycles. The summed E-state index contributed by atoms with van der Waals surface area (Å²) in [4.78, 5) is 0. The molecule has 0 heterocycles. The van der Waals surface area contributed by atoms with E-state index < -0.39 is 0 Å². The van der Waals surface area contributed by atoms with Gasteiger partial charge in [-0.3, -0.25) is 0 Å². The highest BCUT2D eigenvalue weighted by Gasteiger charge is 2.24. The summed E-state index contributed by atoms with van der Waals surface area (Å²) in [7, 11) is 0. The molecule has 0 saturated heterocycles. The molecule has 0 radical (unpaired) electrons. The normalized spacial score (nSPS) is 30.5. The van der Waals surface area contributed by atoms with Crippen molar-refractivity contribution in [2.45, 2.75) is 59.5 Å². The Morgan fingerprint density at radius 2 is 1.71 bits per heavy atom. The van der Waals surface area contributed by atoms with Crippen LogP contribution in [0.15, 0.2) is 13.2 Å². The predicted octanol–water partition coefficient (Wildman–Crippen LogP) is 4.02. The molecule has 1 nitrogen and oxygen atoms in total. The van der Waals surface area contributed by atoms with Crippen molar-refractivity contribution in [2.24, 2.45) is 11.8 Å². The van der Waals surface area contributed by atoms with Gasteiger partial charge in [0.2, 0.25) is 0 Å². The van der Waals surface area contributed by atoms with Gasteiger partial charge in [-0.15, -0.1) is 13.2 Å². The van der Waals surface area contributed by atoms with Crippen LogP contribution in [0.2, 0.25) is 0 Å². The molecule has 0 aromatic heterocycles. The first kappa shape index (κ1) is 16.1. The number of rotatable bonds is 1. The van der Waals surface area contributed by atoms with Crippen molar-refractivity contribution in [1.82, 2.24) is 0 Å². The molecule has 1 fully saturated rings. The van der Waals surface area contributed by atoms with E-state index >= 15 is 0 Å². The van der Waals surface area contributed by atoms with Crippen LogP contribution >= 0.6 is 0 Å². The van der Waals surface area contributed by atoms with Crippen molar-refractivity contribution in [1.29, 1.82) is 0 Å². The summed E-state index contributed by atoms with van der Waals surface area (Å²) in [5.41, 5.74) is 0. The van der Waals surface area contributed by atoms with Crippen molar-refractivity contribution in [3.63, 3.8) is 0 Å². The zero-order chi connectivity index (χ0) is 11.6. The van der Waals surface area contributed by atoms with Gasteiger partial charge in [0.15, 0.2) is 0 Å². The van der Waals surface area contributed by atoms with E-state index in [1.54, 1.807) is 0 Å². The second-order valence-electron chi connectivity index (χ2n) is 3.65. The van der Waals surface area contributed by atoms with Gasteiger partial charge in [-0.1, -0.05) is 34.1 Å². The molecular weight excluding hydrogens is 172 g/mol. The van der Waals surface area contributed by atoms with Crippen LogP contribution < -0.4 is 0 Å². The Balaban J connectivity index is 0. The van der Waals surface area contributed by atoms with Crippen LogP contribution in [0, 0.1) is 11.8 Å². The number of hydrogen-bond acceptors (Lipinski definition) is 1. The third-order valence-corrected chi connectivity index (χ3v) is 2.73. The molecule has 1 N–H and O–H groups in total. The van der Waals surface area contributed by atoms with Crippen molar-refractivity contribution >= 4 is 0 Å². The molecule has 0 aromatic rings. The van der Waals surface area contributed by atoms with Crippen LogP contribution in [-0.4, -0.2) is 11.2 Å². The predicted molar refractivity (Wildman–Crippen MR) is 65.4 cm³/mol. The maximum atomic E-state index is 9.49. The summed E-state index contributed by atoms with van der Waals surface area (Å²) in [5.74, 6) is 1.43. The van der Waals surface area contributed by atoms with E-state index in [0.29, 0.717) is 5.92 Å². The molecule has 0 aromatic carbocycles. The summed E-state index contributed by atoms with van der Waals surface area (Å²) in [6.45, 7) is 14.5. The lowest BCUT2D eigenvalue weighted by Crippen LogP contribution is -2.27. The third-order valence-electron chi connectivity index (χ3n) is 2.73. The monoisotopic (exact) mass is 200 g/mol. The second-order valence-corrected chi connectivity index (χ2v) is 3.65. The van der Waals surface area contributed by atoms with Gasteiger partial charge < -0.3 is 5.11 Å². The topological polar surface area (TPSA) is 20.2 Å². The summed E-state index contributed by atoms with van der Waals surface area (Å²) in [6, 6.07) is 0. The highest BCUT2D eigenvalue weighted by molar-refractivity contribution is 4.76. The minimum atomic E-state index is 0.00111. The van der Waals surface area contributed by atoms with Gasteiger partial charge in [-0.25, -0.2) is 0 Å². The summed E-state index contributed by atoms with van der Waals surface area (Å²) in [6.07, 6.45) is 4.63. The van der Waals surface area contributed by atoms with Gasteiger partial charge in [0, 0.05) is 0 Å². The average Bonchev–Trinajstić information content (AvgIpc) is 2.27. The number of hydrogen-bond donors (Lipinski definition) is 1. The fourth-order valence-corrected chi connectivity index (χ4v) is 1.92. The van der Waals surface area contributed by atoms with Gasteiger partial charge in [0.25, 0.3) is 0 Å². The zero-order valence-electron chi connectivity index (χ0n) is 10.4. The molecule has 0 amide bonds. The first-order chi connectivity index (χ1) is 6.74. The van der Waals surface area contributed by atoms with Crippen LogP contribution in [0.1, 0.15) is 53.4 Å². The molecule has 1 heteroatoms. The lowest BCUT2D eigenvalue weighted by Gasteiger charge is -2.30. The van der Waals surface area contributed by atoms with Crippen molar-refractivity contribution < 1.29 is 5.11 Å². The van der Waals surface area contributed by atoms with E-state index in [9.17, 15) is 5.11 Å². The van der Waals surface area contributed by atoms with Crippen LogP contribution in [-0.2, 0) is 0 Å². The highest BCUT2D eigenvalue weighted by Crippen LogP contribution is 2.30. The van der Waals surface area contributed by atoms with Gasteiger partial charge in [-0.2, -0.15) is 0 Å². The SMILES string of the molecule is C=C.CC.CCC1CC(C)CCC1O.